The van der Waals surface area contributed by atoms with E-state index in [4.69, 9.17) is 4.42 Å². The van der Waals surface area contributed by atoms with Crippen LogP contribution in [0.15, 0.2) is 58.1 Å². The van der Waals surface area contributed by atoms with Crippen molar-refractivity contribution < 1.29 is 23.2 Å². The van der Waals surface area contributed by atoms with E-state index in [1.54, 1.807) is 36.0 Å². The maximum atomic E-state index is 13.1. The highest BCUT2D eigenvalue weighted by atomic mass is 32.2. The SMILES string of the molecule is Cc1oc(-n2cccc2)c(C#N)c1C(=O)NCCN1C(=O)SC(=Cc2ccc(F)cc2)C1=O. The van der Waals surface area contributed by atoms with Gasteiger partial charge in [-0.25, -0.2) is 4.39 Å². The molecule has 0 atom stereocenters. The monoisotopic (exact) mass is 464 g/mol. The normalized spacial score (nSPS) is 14.7. The Balaban J connectivity index is 1.42. The number of amides is 3. The number of halogens is 1. The van der Waals surface area contributed by atoms with Gasteiger partial charge in [0, 0.05) is 25.5 Å². The van der Waals surface area contributed by atoms with Gasteiger partial charge in [-0.1, -0.05) is 12.1 Å². The molecule has 1 saturated heterocycles. The number of imide groups is 1. The maximum Gasteiger partial charge on any atom is 0.293 e. The van der Waals surface area contributed by atoms with Gasteiger partial charge in [-0.2, -0.15) is 5.26 Å². The van der Waals surface area contributed by atoms with Gasteiger partial charge in [-0.05, 0) is 54.6 Å². The number of aromatic nitrogens is 1. The van der Waals surface area contributed by atoms with E-state index in [1.165, 1.54) is 30.3 Å². The number of carbonyl (C=O) groups is 3. The Morgan fingerprint density at radius 2 is 1.94 bits per heavy atom. The second kappa shape index (κ2) is 9.18. The molecule has 1 aliphatic heterocycles. The highest BCUT2D eigenvalue weighted by Crippen LogP contribution is 2.32. The highest BCUT2D eigenvalue weighted by molar-refractivity contribution is 8.18. The molecule has 33 heavy (non-hydrogen) atoms. The van der Waals surface area contributed by atoms with Gasteiger partial charge >= 0.3 is 0 Å². The van der Waals surface area contributed by atoms with Gasteiger partial charge in [-0.3, -0.25) is 23.9 Å². The second-order valence-electron chi connectivity index (χ2n) is 7.06. The van der Waals surface area contributed by atoms with E-state index in [1.807, 2.05) is 6.07 Å². The largest absolute Gasteiger partial charge is 0.443 e. The zero-order chi connectivity index (χ0) is 23.5. The predicted molar refractivity (Wildman–Crippen MR) is 119 cm³/mol. The van der Waals surface area contributed by atoms with Crippen molar-refractivity contribution in [3.8, 4) is 12.0 Å². The Bertz CT molecular complexity index is 1300. The Hall–Kier alpha value is -4.10. The molecule has 1 aliphatic rings. The summed E-state index contributed by atoms with van der Waals surface area (Å²) in [6.45, 7) is 1.54. The first-order valence-corrected chi connectivity index (χ1v) is 10.7. The van der Waals surface area contributed by atoms with Crippen LogP contribution in [0.3, 0.4) is 0 Å². The number of nitriles is 1. The summed E-state index contributed by atoms with van der Waals surface area (Å²) >= 11 is 0.778. The van der Waals surface area contributed by atoms with E-state index in [0.29, 0.717) is 5.56 Å². The molecule has 0 radical (unpaired) electrons. The van der Waals surface area contributed by atoms with Crippen molar-refractivity contribution >= 4 is 34.9 Å². The van der Waals surface area contributed by atoms with Gasteiger partial charge in [-0.15, -0.1) is 0 Å². The molecule has 3 amide bonds. The average molecular weight is 464 g/mol. The van der Waals surface area contributed by atoms with Crippen LogP contribution in [0.2, 0.25) is 0 Å². The number of rotatable bonds is 6. The number of aryl methyl sites for hydroxylation is 1. The third-order valence-corrected chi connectivity index (χ3v) is 5.81. The lowest BCUT2D eigenvalue weighted by Crippen LogP contribution is -2.37. The lowest BCUT2D eigenvalue weighted by atomic mass is 10.1. The fraction of sp³-hybridized carbons (Fsp3) is 0.130. The van der Waals surface area contributed by atoms with Crippen molar-refractivity contribution in [1.82, 2.24) is 14.8 Å². The van der Waals surface area contributed by atoms with Crippen molar-refractivity contribution in [2.75, 3.05) is 13.1 Å². The Labute approximate surface area is 192 Å². The molecule has 1 fully saturated rings. The first-order valence-electron chi connectivity index (χ1n) is 9.85. The standard InChI is InChI=1S/C23H17FN4O4S/c1-14-19(17(13-25)22(32-14)27-9-2-3-10-27)20(29)26-8-11-28-21(30)18(33-23(28)31)12-15-4-6-16(24)7-5-15/h2-7,9-10,12H,8,11H2,1H3,(H,26,29). The van der Waals surface area contributed by atoms with Crippen LogP contribution < -0.4 is 5.32 Å². The lowest BCUT2D eigenvalue weighted by molar-refractivity contribution is -0.122. The van der Waals surface area contributed by atoms with E-state index in [9.17, 15) is 24.0 Å². The molecule has 1 aromatic carbocycles. The molecule has 0 saturated carbocycles. The molecule has 0 spiro atoms. The minimum Gasteiger partial charge on any atom is -0.443 e. The number of hydrogen-bond acceptors (Lipinski definition) is 6. The fourth-order valence-electron chi connectivity index (χ4n) is 3.33. The Morgan fingerprint density at radius 3 is 2.61 bits per heavy atom. The van der Waals surface area contributed by atoms with Crippen molar-refractivity contribution in [1.29, 1.82) is 5.26 Å². The van der Waals surface area contributed by atoms with E-state index < -0.39 is 22.9 Å². The van der Waals surface area contributed by atoms with Gasteiger partial charge in [0.1, 0.15) is 28.8 Å². The fourth-order valence-corrected chi connectivity index (χ4v) is 4.20. The molecule has 0 unspecified atom stereocenters. The molecule has 8 nitrogen and oxygen atoms in total. The summed E-state index contributed by atoms with van der Waals surface area (Å²) in [5.41, 5.74) is 0.786. The van der Waals surface area contributed by atoms with Crippen LogP contribution in [0.25, 0.3) is 12.0 Å². The number of nitrogens with zero attached hydrogens (tertiary/aromatic N) is 3. The van der Waals surface area contributed by atoms with Gasteiger partial charge in [0.25, 0.3) is 17.1 Å². The minimum atomic E-state index is -0.542. The third kappa shape index (κ3) is 4.44. The summed E-state index contributed by atoms with van der Waals surface area (Å²) in [7, 11) is 0. The quantitative estimate of drug-likeness (QED) is 0.555. The zero-order valence-electron chi connectivity index (χ0n) is 17.4. The van der Waals surface area contributed by atoms with E-state index >= 15 is 0 Å². The molecule has 166 valence electrons. The first-order chi connectivity index (χ1) is 15.9. The van der Waals surface area contributed by atoms with Crippen LogP contribution in [0.4, 0.5) is 9.18 Å². The number of furan rings is 1. The third-order valence-electron chi connectivity index (χ3n) is 4.91. The molecule has 1 N–H and O–H groups in total. The molecule has 3 heterocycles. The van der Waals surface area contributed by atoms with Crippen molar-refractivity contribution in [3.63, 3.8) is 0 Å². The van der Waals surface area contributed by atoms with Crippen LogP contribution in [0, 0.1) is 24.1 Å². The lowest BCUT2D eigenvalue weighted by Gasteiger charge is -2.13. The minimum absolute atomic E-state index is 0.00492. The number of carbonyl (C=O) groups excluding carboxylic acids is 3. The summed E-state index contributed by atoms with van der Waals surface area (Å²) < 4.78 is 20.3. The van der Waals surface area contributed by atoms with Gasteiger partial charge in [0.2, 0.25) is 5.88 Å². The molecule has 0 aliphatic carbocycles. The van der Waals surface area contributed by atoms with Gasteiger partial charge < -0.3 is 9.73 Å². The number of thioether (sulfide) groups is 1. The Morgan fingerprint density at radius 1 is 1.24 bits per heavy atom. The number of nitrogens with one attached hydrogen (secondary N) is 1. The van der Waals surface area contributed by atoms with Crippen LogP contribution in [-0.4, -0.2) is 39.6 Å². The molecular formula is C23H17FN4O4S. The van der Waals surface area contributed by atoms with E-state index in [0.717, 1.165) is 16.7 Å². The summed E-state index contributed by atoms with van der Waals surface area (Å²) in [6, 6.07) is 11.1. The summed E-state index contributed by atoms with van der Waals surface area (Å²) in [5, 5.41) is 11.7. The average Bonchev–Trinajstić information content (AvgIpc) is 3.49. The Kier molecular flexibility index (Phi) is 6.15. The smallest absolute Gasteiger partial charge is 0.293 e. The van der Waals surface area contributed by atoms with Crippen LogP contribution in [-0.2, 0) is 4.79 Å². The van der Waals surface area contributed by atoms with Crippen molar-refractivity contribution in [2.45, 2.75) is 6.92 Å². The first kappa shape index (κ1) is 22.1. The molecule has 0 bridgehead atoms. The molecular weight excluding hydrogens is 447 g/mol. The second-order valence-corrected chi connectivity index (χ2v) is 8.05. The number of benzene rings is 1. The van der Waals surface area contributed by atoms with Crippen LogP contribution in [0.1, 0.15) is 27.2 Å². The van der Waals surface area contributed by atoms with Crippen LogP contribution >= 0.6 is 11.8 Å². The van der Waals surface area contributed by atoms with Gasteiger partial charge in [0.15, 0.2) is 0 Å². The summed E-state index contributed by atoms with van der Waals surface area (Å²) in [5.74, 6) is -0.914. The number of hydrogen-bond donors (Lipinski definition) is 1. The summed E-state index contributed by atoms with van der Waals surface area (Å²) in [4.78, 5) is 38.8. The zero-order valence-corrected chi connectivity index (χ0v) is 18.2. The van der Waals surface area contributed by atoms with Crippen molar-refractivity contribution in [3.05, 3.63) is 82.0 Å². The maximum absolute atomic E-state index is 13.1. The van der Waals surface area contributed by atoms with Crippen molar-refractivity contribution in [2.24, 2.45) is 0 Å². The molecule has 4 rings (SSSR count). The van der Waals surface area contributed by atoms with Crippen LogP contribution in [0.5, 0.6) is 0 Å². The molecule has 3 aromatic rings. The van der Waals surface area contributed by atoms with E-state index in [2.05, 4.69) is 5.32 Å². The predicted octanol–water partition coefficient (Wildman–Crippen LogP) is 3.86. The summed E-state index contributed by atoms with van der Waals surface area (Å²) in [6.07, 6.45) is 4.90. The highest BCUT2D eigenvalue weighted by Gasteiger charge is 2.35. The van der Waals surface area contributed by atoms with E-state index in [-0.39, 0.29) is 40.8 Å². The topological polar surface area (TPSA) is 108 Å². The molecule has 2 aromatic heterocycles. The molecule has 10 heteroatoms. The van der Waals surface area contributed by atoms with Gasteiger partial charge in [0.05, 0.1) is 4.91 Å².